The lowest BCUT2D eigenvalue weighted by molar-refractivity contribution is 0.122. The summed E-state index contributed by atoms with van der Waals surface area (Å²) in [7, 11) is 0. The van der Waals surface area contributed by atoms with Gasteiger partial charge in [-0.1, -0.05) is 36.4 Å². The standard InChI is InChI=1S/C23H30N4O2.HI/c1-2-24-23(26-17-20-15-18-7-4-6-10-22(18)29-20)25-16-19-8-3-5-9-21(19)27-11-13-28-14-12-27;/h3-10,20H,2,11-17H2,1H3,(H2,24,25,26);1H. The number of nitrogens with one attached hydrogen (secondary N) is 2. The van der Waals surface area contributed by atoms with Crippen LogP contribution in [0.2, 0.25) is 0 Å². The summed E-state index contributed by atoms with van der Waals surface area (Å²) in [6.07, 6.45) is 1.07. The Hall–Kier alpha value is -2.00. The summed E-state index contributed by atoms with van der Waals surface area (Å²) in [4.78, 5) is 7.22. The van der Waals surface area contributed by atoms with Crippen molar-refractivity contribution in [2.75, 3.05) is 44.3 Å². The van der Waals surface area contributed by atoms with Gasteiger partial charge in [0.25, 0.3) is 0 Å². The summed E-state index contributed by atoms with van der Waals surface area (Å²) in [6.45, 7) is 7.69. The summed E-state index contributed by atoms with van der Waals surface area (Å²) < 4.78 is 11.5. The van der Waals surface area contributed by atoms with Crippen LogP contribution in [0.4, 0.5) is 5.69 Å². The van der Waals surface area contributed by atoms with Crippen LogP contribution < -0.4 is 20.3 Å². The maximum absolute atomic E-state index is 6.03. The molecule has 4 rings (SSSR count). The molecule has 1 fully saturated rings. The minimum atomic E-state index is 0. The number of hydrogen-bond donors (Lipinski definition) is 2. The molecule has 2 N–H and O–H groups in total. The summed E-state index contributed by atoms with van der Waals surface area (Å²) in [5.41, 5.74) is 3.77. The van der Waals surface area contributed by atoms with E-state index in [1.807, 2.05) is 12.1 Å². The Balaban J connectivity index is 0.00000256. The van der Waals surface area contributed by atoms with Crippen molar-refractivity contribution >= 4 is 35.6 Å². The molecule has 0 spiro atoms. The Morgan fingerprint density at radius 1 is 1.07 bits per heavy atom. The molecule has 2 aliphatic heterocycles. The Labute approximate surface area is 196 Å². The molecule has 2 aromatic carbocycles. The number of aliphatic imine (C=N–C) groups is 1. The van der Waals surface area contributed by atoms with Crippen LogP contribution >= 0.6 is 24.0 Å². The maximum atomic E-state index is 6.03. The van der Waals surface area contributed by atoms with Gasteiger partial charge in [0.05, 0.1) is 26.3 Å². The van der Waals surface area contributed by atoms with Crippen molar-refractivity contribution in [3.05, 3.63) is 59.7 Å². The lowest BCUT2D eigenvalue weighted by atomic mass is 10.1. The second-order valence-corrected chi connectivity index (χ2v) is 7.36. The number of hydrogen-bond acceptors (Lipinski definition) is 4. The van der Waals surface area contributed by atoms with E-state index in [0.29, 0.717) is 6.54 Å². The van der Waals surface area contributed by atoms with Crippen molar-refractivity contribution in [2.24, 2.45) is 4.99 Å². The van der Waals surface area contributed by atoms with Crippen molar-refractivity contribution in [2.45, 2.75) is 26.0 Å². The molecule has 0 radical (unpaired) electrons. The SMILES string of the molecule is CCNC(=NCc1ccccc1N1CCOCC1)NCC1Cc2ccccc2O1.I. The molecule has 30 heavy (non-hydrogen) atoms. The van der Waals surface area contributed by atoms with Gasteiger partial charge in [-0.15, -0.1) is 24.0 Å². The number of benzene rings is 2. The number of para-hydroxylation sites is 2. The predicted molar refractivity (Wildman–Crippen MR) is 132 cm³/mol. The van der Waals surface area contributed by atoms with Crippen molar-refractivity contribution in [3.8, 4) is 5.75 Å². The lowest BCUT2D eigenvalue weighted by Gasteiger charge is -2.30. The molecule has 162 valence electrons. The number of halogens is 1. The van der Waals surface area contributed by atoms with E-state index >= 15 is 0 Å². The Morgan fingerprint density at radius 3 is 2.63 bits per heavy atom. The maximum Gasteiger partial charge on any atom is 0.191 e. The number of fused-ring (bicyclic) bond motifs is 1. The van der Waals surface area contributed by atoms with Crippen molar-refractivity contribution < 1.29 is 9.47 Å². The predicted octanol–water partition coefficient (Wildman–Crippen LogP) is 3.20. The summed E-state index contributed by atoms with van der Waals surface area (Å²) in [6, 6.07) is 16.8. The van der Waals surface area contributed by atoms with E-state index in [1.54, 1.807) is 0 Å². The number of rotatable bonds is 6. The first-order valence-electron chi connectivity index (χ1n) is 10.5. The molecule has 2 heterocycles. The zero-order chi connectivity index (χ0) is 19.9. The third kappa shape index (κ3) is 5.78. The third-order valence-corrected chi connectivity index (χ3v) is 5.31. The van der Waals surface area contributed by atoms with E-state index in [4.69, 9.17) is 14.5 Å². The summed E-state index contributed by atoms with van der Waals surface area (Å²) >= 11 is 0. The van der Waals surface area contributed by atoms with Gasteiger partial charge in [0.1, 0.15) is 11.9 Å². The molecule has 0 aromatic heterocycles. The van der Waals surface area contributed by atoms with E-state index in [1.165, 1.54) is 16.8 Å². The van der Waals surface area contributed by atoms with Crippen LogP contribution in [0.5, 0.6) is 5.75 Å². The monoisotopic (exact) mass is 522 g/mol. The topological polar surface area (TPSA) is 58.1 Å². The highest BCUT2D eigenvalue weighted by Gasteiger charge is 2.22. The molecular formula is C23H31IN4O2. The fourth-order valence-electron chi connectivity index (χ4n) is 3.84. The largest absolute Gasteiger partial charge is 0.488 e. The number of nitrogens with zero attached hydrogens (tertiary/aromatic N) is 2. The molecular weight excluding hydrogens is 491 g/mol. The molecule has 6 nitrogen and oxygen atoms in total. The first-order valence-corrected chi connectivity index (χ1v) is 10.5. The van der Waals surface area contributed by atoms with Gasteiger partial charge < -0.3 is 25.0 Å². The van der Waals surface area contributed by atoms with E-state index < -0.39 is 0 Å². The molecule has 7 heteroatoms. The summed E-state index contributed by atoms with van der Waals surface area (Å²) in [5.74, 6) is 1.82. The highest BCUT2D eigenvalue weighted by Crippen LogP contribution is 2.27. The Bertz CT molecular complexity index is 814. The van der Waals surface area contributed by atoms with Gasteiger partial charge in [0.2, 0.25) is 0 Å². The second kappa shape index (κ2) is 11.4. The number of morpholine rings is 1. The minimum Gasteiger partial charge on any atom is -0.488 e. The van der Waals surface area contributed by atoms with Crippen LogP contribution in [0.1, 0.15) is 18.1 Å². The van der Waals surface area contributed by atoms with Gasteiger partial charge in [0.15, 0.2) is 5.96 Å². The average molecular weight is 522 g/mol. The van der Waals surface area contributed by atoms with Crippen molar-refractivity contribution in [1.82, 2.24) is 10.6 Å². The lowest BCUT2D eigenvalue weighted by Crippen LogP contribution is -2.42. The first-order chi connectivity index (χ1) is 14.3. The van der Waals surface area contributed by atoms with Crippen molar-refractivity contribution in [1.29, 1.82) is 0 Å². The number of ether oxygens (including phenoxy) is 2. The van der Waals surface area contributed by atoms with Gasteiger partial charge in [-0.25, -0.2) is 4.99 Å². The van der Waals surface area contributed by atoms with Crippen LogP contribution in [0.15, 0.2) is 53.5 Å². The van der Waals surface area contributed by atoms with E-state index in [-0.39, 0.29) is 30.1 Å². The quantitative estimate of drug-likeness (QED) is 0.347. The smallest absolute Gasteiger partial charge is 0.191 e. The fraction of sp³-hybridized carbons (Fsp3) is 0.435. The van der Waals surface area contributed by atoms with Crippen LogP contribution in [0.25, 0.3) is 0 Å². The average Bonchev–Trinajstić information content (AvgIpc) is 3.19. The third-order valence-electron chi connectivity index (χ3n) is 5.31. The normalized spacial score (nSPS) is 18.2. The van der Waals surface area contributed by atoms with Gasteiger partial charge in [-0.3, -0.25) is 0 Å². The van der Waals surface area contributed by atoms with E-state index in [2.05, 4.69) is 58.9 Å². The van der Waals surface area contributed by atoms with Gasteiger partial charge >= 0.3 is 0 Å². The van der Waals surface area contributed by atoms with Gasteiger partial charge in [0, 0.05) is 31.7 Å². The Kier molecular flexibility index (Phi) is 8.62. The zero-order valence-corrected chi connectivity index (χ0v) is 19.8. The fourth-order valence-corrected chi connectivity index (χ4v) is 3.84. The molecule has 1 unspecified atom stereocenters. The van der Waals surface area contributed by atoms with Crippen LogP contribution in [0, 0.1) is 0 Å². The molecule has 0 amide bonds. The summed E-state index contributed by atoms with van der Waals surface area (Å²) in [5, 5.41) is 6.79. The highest BCUT2D eigenvalue weighted by atomic mass is 127. The molecule has 0 bridgehead atoms. The minimum absolute atomic E-state index is 0. The molecule has 1 saturated heterocycles. The van der Waals surface area contributed by atoms with E-state index in [0.717, 1.165) is 57.5 Å². The molecule has 2 aliphatic rings. The van der Waals surface area contributed by atoms with Crippen molar-refractivity contribution in [3.63, 3.8) is 0 Å². The molecule has 1 atom stereocenters. The number of anilines is 1. The first kappa shape index (κ1) is 22.7. The van der Waals surface area contributed by atoms with Crippen LogP contribution in [-0.2, 0) is 17.7 Å². The zero-order valence-electron chi connectivity index (χ0n) is 17.5. The van der Waals surface area contributed by atoms with Gasteiger partial charge in [-0.2, -0.15) is 0 Å². The Morgan fingerprint density at radius 2 is 1.83 bits per heavy atom. The second-order valence-electron chi connectivity index (χ2n) is 7.36. The molecule has 0 aliphatic carbocycles. The van der Waals surface area contributed by atoms with E-state index in [9.17, 15) is 0 Å². The molecule has 2 aromatic rings. The molecule has 0 saturated carbocycles. The highest BCUT2D eigenvalue weighted by molar-refractivity contribution is 14.0. The number of guanidine groups is 1. The van der Waals surface area contributed by atoms with Crippen LogP contribution in [-0.4, -0.2) is 51.5 Å². The van der Waals surface area contributed by atoms with Gasteiger partial charge in [-0.05, 0) is 30.2 Å². The van der Waals surface area contributed by atoms with Crippen LogP contribution in [0.3, 0.4) is 0 Å².